The Labute approximate surface area is 158 Å². The van der Waals surface area contributed by atoms with Gasteiger partial charge in [-0.3, -0.25) is 4.79 Å². The van der Waals surface area contributed by atoms with Crippen LogP contribution in [0.5, 0.6) is 5.75 Å². The second-order valence-electron chi connectivity index (χ2n) is 6.32. The average molecular weight is 367 g/mol. The molecule has 1 aliphatic rings. The number of nitrogens with one attached hydrogen (secondary N) is 1. The molecule has 1 aromatic carbocycles. The van der Waals surface area contributed by atoms with E-state index in [0.29, 0.717) is 24.2 Å². The molecule has 1 aliphatic carbocycles. The first-order valence-electron chi connectivity index (χ1n) is 8.67. The van der Waals surface area contributed by atoms with Gasteiger partial charge in [0.05, 0.1) is 13.2 Å². The van der Waals surface area contributed by atoms with Crippen LogP contribution in [0.1, 0.15) is 37.7 Å². The molecule has 1 amide bonds. The topological polar surface area (TPSA) is 112 Å². The second-order valence-corrected chi connectivity index (χ2v) is 6.32. The van der Waals surface area contributed by atoms with Gasteiger partial charge in [-0.05, 0) is 36.6 Å². The number of amides is 1. The van der Waals surface area contributed by atoms with Gasteiger partial charge in [0, 0.05) is 0 Å². The molecular formula is C20H21N3O4. The standard InChI is InChI=1S/C20H21N3O4/c1-26-17-7-5-15(6-8-17)11-16(12-21)19(25)27-13-18(24)23-20(14-22)9-3-2-4-10-20/h5-8,11H,2-4,9-10,13H2,1H3,(H,23,24)/b16-11+. The maximum Gasteiger partial charge on any atom is 0.349 e. The predicted octanol–water partition coefficient (Wildman–Crippen LogP) is 2.49. The molecule has 0 bridgehead atoms. The van der Waals surface area contributed by atoms with E-state index >= 15 is 0 Å². The zero-order valence-electron chi connectivity index (χ0n) is 15.2. The summed E-state index contributed by atoms with van der Waals surface area (Å²) in [6.45, 7) is -0.538. The van der Waals surface area contributed by atoms with Crippen LogP contribution < -0.4 is 10.1 Å². The minimum absolute atomic E-state index is 0.222. The van der Waals surface area contributed by atoms with Crippen molar-refractivity contribution in [2.75, 3.05) is 13.7 Å². The van der Waals surface area contributed by atoms with Crippen molar-refractivity contribution in [2.45, 2.75) is 37.6 Å². The normalized spacial score (nSPS) is 15.7. The maximum absolute atomic E-state index is 12.1. The van der Waals surface area contributed by atoms with Gasteiger partial charge in [0.2, 0.25) is 0 Å². The van der Waals surface area contributed by atoms with Crippen molar-refractivity contribution < 1.29 is 19.1 Å². The van der Waals surface area contributed by atoms with Gasteiger partial charge in [-0.1, -0.05) is 31.4 Å². The summed E-state index contributed by atoms with van der Waals surface area (Å²) < 4.78 is 9.98. The van der Waals surface area contributed by atoms with Crippen LogP contribution in [-0.2, 0) is 14.3 Å². The highest BCUT2D eigenvalue weighted by Gasteiger charge is 2.33. The smallest absolute Gasteiger partial charge is 0.349 e. The van der Waals surface area contributed by atoms with Crippen molar-refractivity contribution >= 4 is 18.0 Å². The Kier molecular flexibility index (Phi) is 6.96. The van der Waals surface area contributed by atoms with Gasteiger partial charge >= 0.3 is 5.97 Å². The number of hydrogen-bond donors (Lipinski definition) is 1. The lowest BCUT2D eigenvalue weighted by atomic mass is 9.83. The van der Waals surface area contributed by atoms with Crippen LogP contribution >= 0.6 is 0 Å². The van der Waals surface area contributed by atoms with Crippen LogP contribution in [0.15, 0.2) is 29.8 Å². The van der Waals surface area contributed by atoms with Crippen molar-refractivity contribution in [2.24, 2.45) is 0 Å². The van der Waals surface area contributed by atoms with E-state index < -0.39 is 24.0 Å². The third-order valence-corrected chi connectivity index (χ3v) is 4.40. The SMILES string of the molecule is COc1ccc(/C=C(\C#N)C(=O)OCC(=O)NC2(C#N)CCCCC2)cc1. The molecule has 0 unspecified atom stereocenters. The Morgan fingerprint density at radius 1 is 1.19 bits per heavy atom. The van der Waals surface area contributed by atoms with Crippen LogP contribution in [0.3, 0.4) is 0 Å². The maximum atomic E-state index is 12.1. The lowest BCUT2D eigenvalue weighted by molar-refractivity contribution is -0.144. The van der Waals surface area contributed by atoms with E-state index in [0.717, 1.165) is 19.3 Å². The van der Waals surface area contributed by atoms with E-state index in [2.05, 4.69) is 11.4 Å². The van der Waals surface area contributed by atoms with Crippen molar-refractivity contribution in [1.82, 2.24) is 5.32 Å². The first kappa shape index (κ1) is 20.0. The molecule has 140 valence electrons. The number of rotatable bonds is 6. The van der Waals surface area contributed by atoms with Gasteiger partial charge in [0.1, 0.15) is 22.9 Å². The first-order valence-corrected chi connectivity index (χ1v) is 8.67. The van der Waals surface area contributed by atoms with Crippen molar-refractivity contribution in [3.05, 3.63) is 35.4 Å². The van der Waals surface area contributed by atoms with Crippen LogP contribution in [0.2, 0.25) is 0 Å². The molecule has 1 aromatic rings. The summed E-state index contributed by atoms with van der Waals surface area (Å²) >= 11 is 0. The number of benzene rings is 1. The average Bonchev–Trinajstić information content (AvgIpc) is 2.71. The number of nitriles is 2. The molecule has 1 fully saturated rings. The van der Waals surface area contributed by atoms with Gasteiger partial charge < -0.3 is 14.8 Å². The minimum atomic E-state index is -0.891. The fraction of sp³-hybridized carbons (Fsp3) is 0.400. The Bertz CT molecular complexity index is 794. The van der Waals surface area contributed by atoms with Gasteiger partial charge in [-0.25, -0.2) is 4.79 Å². The van der Waals surface area contributed by atoms with E-state index in [1.54, 1.807) is 30.3 Å². The molecule has 0 radical (unpaired) electrons. The number of carbonyl (C=O) groups is 2. The zero-order chi connectivity index (χ0) is 19.7. The molecule has 1 saturated carbocycles. The first-order chi connectivity index (χ1) is 13.0. The van der Waals surface area contributed by atoms with Crippen LogP contribution in [-0.4, -0.2) is 31.1 Å². The number of esters is 1. The summed E-state index contributed by atoms with van der Waals surface area (Å²) in [5.41, 5.74) is -0.487. The van der Waals surface area contributed by atoms with E-state index in [9.17, 15) is 20.1 Å². The molecule has 7 nitrogen and oxygen atoms in total. The molecule has 7 heteroatoms. The number of hydrogen-bond acceptors (Lipinski definition) is 6. The van der Waals surface area contributed by atoms with E-state index in [4.69, 9.17) is 9.47 Å². The third-order valence-electron chi connectivity index (χ3n) is 4.40. The molecule has 0 aromatic heterocycles. The molecular weight excluding hydrogens is 346 g/mol. The molecule has 27 heavy (non-hydrogen) atoms. The molecule has 1 N–H and O–H groups in total. The van der Waals surface area contributed by atoms with E-state index in [1.807, 2.05) is 0 Å². The Balaban J connectivity index is 1.94. The van der Waals surface area contributed by atoms with Gasteiger partial charge in [-0.2, -0.15) is 10.5 Å². The molecule has 0 heterocycles. The quantitative estimate of drug-likeness (QED) is 0.470. The fourth-order valence-electron chi connectivity index (χ4n) is 2.94. The van der Waals surface area contributed by atoms with Crippen molar-refractivity contribution in [1.29, 1.82) is 10.5 Å². The second kappa shape index (κ2) is 9.40. The Morgan fingerprint density at radius 2 is 1.85 bits per heavy atom. The molecule has 2 rings (SSSR count). The summed E-state index contributed by atoms with van der Waals surface area (Å²) in [5, 5.41) is 21.2. The molecule has 0 saturated heterocycles. The monoisotopic (exact) mass is 367 g/mol. The van der Waals surface area contributed by atoms with Gasteiger partial charge in [-0.15, -0.1) is 0 Å². The summed E-state index contributed by atoms with van der Waals surface area (Å²) in [5.74, 6) is -0.786. The number of ether oxygens (including phenoxy) is 2. The highest BCUT2D eigenvalue weighted by Crippen LogP contribution is 2.27. The summed E-state index contributed by atoms with van der Waals surface area (Å²) in [4.78, 5) is 24.1. The predicted molar refractivity (Wildman–Crippen MR) is 97.1 cm³/mol. The van der Waals surface area contributed by atoms with Crippen LogP contribution in [0.25, 0.3) is 6.08 Å². The minimum Gasteiger partial charge on any atom is -0.497 e. The lowest BCUT2D eigenvalue weighted by Crippen LogP contribution is -2.50. The molecule has 0 aliphatic heterocycles. The number of carbonyl (C=O) groups excluding carboxylic acids is 2. The molecule has 0 spiro atoms. The number of nitrogens with zero attached hydrogens (tertiary/aromatic N) is 2. The van der Waals surface area contributed by atoms with Crippen molar-refractivity contribution in [3.8, 4) is 17.9 Å². The van der Waals surface area contributed by atoms with Gasteiger partial charge in [0.25, 0.3) is 5.91 Å². The largest absolute Gasteiger partial charge is 0.497 e. The Hall–Kier alpha value is -3.32. The molecule has 0 atom stereocenters. The third kappa shape index (κ3) is 5.58. The zero-order valence-corrected chi connectivity index (χ0v) is 15.2. The van der Waals surface area contributed by atoms with Crippen molar-refractivity contribution in [3.63, 3.8) is 0 Å². The van der Waals surface area contributed by atoms with Crippen LogP contribution in [0.4, 0.5) is 0 Å². The summed E-state index contributed by atoms with van der Waals surface area (Å²) in [6.07, 6.45) is 5.33. The van der Waals surface area contributed by atoms with E-state index in [1.165, 1.54) is 13.2 Å². The highest BCUT2D eigenvalue weighted by atomic mass is 16.5. The van der Waals surface area contributed by atoms with Crippen LogP contribution in [0, 0.1) is 22.7 Å². The van der Waals surface area contributed by atoms with Gasteiger partial charge in [0.15, 0.2) is 6.61 Å². The summed E-state index contributed by atoms with van der Waals surface area (Å²) in [7, 11) is 1.54. The lowest BCUT2D eigenvalue weighted by Gasteiger charge is -2.31. The van der Waals surface area contributed by atoms with E-state index in [-0.39, 0.29) is 5.57 Å². The fourth-order valence-corrected chi connectivity index (χ4v) is 2.94. The highest BCUT2D eigenvalue weighted by molar-refractivity contribution is 5.98. The summed E-state index contributed by atoms with van der Waals surface area (Å²) in [6, 6.07) is 10.7. The Morgan fingerprint density at radius 3 is 2.41 bits per heavy atom. The number of methoxy groups -OCH3 is 1.